The lowest BCUT2D eigenvalue weighted by molar-refractivity contribution is 0.0473. The van der Waals surface area contributed by atoms with E-state index < -0.39 is 5.97 Å². The smallest absolute Gasteiger partial charge is 0.338 e. The molecule has 4 nitrogen and oxygen atoms in total. The van der Waals surface area contributed by atoms with Crippen LogP contribution in [0, 0.1) is 0 Å². The summed E-state index contributed by atoms with van der Waals surface area (Å²) in [6.45, 7) is 0.145. The molecule has 0 bridgehead atoms. The highest BCUT2D eigenvalue weighted by Gasteiger charge is 2.09. The minimum absolute atomic E-state index is 0.145. The number of carbonyl (C=O) groups excluding carboxylic acids is 1. The summed E-state index contributed by atoms with van der Waals surface area (Å²) in [7, 11) is 0. The van der Waals surface area contributed by atoms with Crippen LogP contribution < -0.4 is 0 Å². The Bertz CT molecular complexity index is 831. The van der Waals surface area contributed by atoms with Crippen LogP contribution in [0.25, 0.3) is 5.69 Å². The van der Waals surface area contributed by atoms with Crippen LogP contribution in [0.5, 0.6) is 0 Å². The maximum atomic E-state index is 12.1. The molecule has 0 amide bonds. The lowest BCUT2D eigenvalue weighted by Crippen LogP contribution is -2.06. The van der Waals surface area contributed by atoms with Crippen LogP contribution in [-0.2, 0) is 11.3 Å². The third kappa shape index (κ3) is 3.81. The Balaban J connectivity index is 1.67. The standard InChI is InChI=1S/C17H12BrClN2O2/c18-14-9-20-21(10-14)15-7-5-12(6-8-15)17(22)23-11-13-3-1-2-4-16(13)19/h1-10H,11H2. The zero-order valence-corrected chi connectivity index (χ0v) is 14.3. The highest BCUT2D eigenvalue weighted by Crippen LogP contribution is 2.17. The molecule has 3 aromatic rings. The van der Waals surface area contributed by atoms with Crippen molar-refractivity contribution in [2.75, 3.05) is 0 Å². The van der Waals surface area contributed by atoms with E-state index in [2.05, 4.69) is 21.0 Å². The van der Waals surface area contributed by atoms with E-state index in [1.54, 1.807) is 29.1 Å². The maximum absolute atomic E-state index is 12.1. The van der Waals surface area contributed by atoms with Gasteiger partial charge in [-0.15, -0.1) is 0 Å². The first-order valence-corrected chi connectivity index (χ1v) is 8.02. The molecule has 1 heterocycles. The van der Waals surface area contributed by atoms with Crippen LogP contribution in [0.3, 0.4) is 0 Å². The summed E-state index contributed by atoms with van der Waals surface area (Å²) < 4.78 is 7.89. The summed E-state index contributed by atoms with van der Waals surface area (Å²) in [6, 6.07) is 14.3. The summed E-state index contributed by atoms with van der Waals surface area (Å²) >= 11 is 9.39. The maximum Gasteiger partial charge on any atom is 0.338 e. The molecule has 0 N–H and O–H groups in total. The fraction of sp³-hybridized carbons (Fsp3) is 0.0588. The fourth-order valence-corrected chi connectivity index (χ4v) is 2.51. The largest absolute Gasteiger partial charge is 0.457 e. The normalized spacial score (nSPS) is 10.5. The summed E-state index contributed by atoms with van der Waals surface area (Å²) in [5, 5.41) is 4.77. The van der Waals surface area contributed by atoms with Gasteiger partial charge in [0, 0.05) is 16.8 Å². The average Bonchev–Trinajstić information content (AvgIpc) is 3.00. The number of hydrogen-bond donors (Lipinski definition) is 0. The van der Waals surface area contributed by atoms with Gasteiger partial charge in [-0.2, -0.15) is 5.10 Å². The monoisotopic (exact) mass is 390 g/mol. The summed E-state index contributed by atoms with van der Waals surface area (Å²) in [5.41, 5.74) is 2.12. The number of hydrogen-bond acceptors (Lipinski definition) is 3. The molecule has 0 atom stereocenters. The number of benzene rings is 2. The summed E-state index contributed by atoms with van der Waals surface area (Å²) in [4.78, 5) is 12.1. The minimum atomic E-state index is -0.391. The molecule has 0 fully saturated rings. The topological polar surface area (TPSA) is 44.1 Å². The molecule has 3 rings (SSSR count). The van der Waals surface area contributed by atoms with Gasteiger partial charge >= 0.3 is 5.97 Å². The number of halogens is 2. The SMILES string of the molecule is O=C(OCc1ccccc1Cl)c1ccc(-n2cc(Br)cn2)cc1. The number of aromatic nitrogens is 2. The van der Waals surface area contributed by atoms with Gasteiger partial charge in [0.2, 0.25) is 0 Å². The first-order valence-electron chi connectivity index (χ1n) is 6.84. The number of esters is 1. The Morgan fingerprint density at radius 2 is 1.91 bits per heavy atom. The van der Waals surface area contributed by atoms with Crippen LogP contribution >= 0.6 is 27.5 Å². The van der Waals surface area contributed by atoms with Crippen molar-refractivity contribution in [3.8, 4) is 5.69 Å². The van der Waals surface area contributed by atoms with Crippen molar-refractivity contribution >= 4 is 33.5 Å². The van der Waals surface area contributed by atoms with Gasteiger partial charge < -0.3 is 4.74 Å². The molecule has 2 aromatic carbocycles. The van der Waals surface area contributed by atoms with E-state index in [1.807, 2.05) is 36.5 Å². The molecule has 1 aromatic heterocycles. The lowest BCUT2D eigenvalue weighted by atomic mass is 10.2. The predicted molar refractivity (Wildman–Crippen MR) is 91.8 cm³/mol. The molecule has 116 valence electrons. The van der Waals surface area contributed by atoms with Crippen LogP contribution in [0.2, 0.25) is 5.02 Å². The Hall–Kier alpha value is -2.11. The first-order chi connectivity index (χ1) is 11.1. The highest BCUT2D eigenvalue weighted by molar-refractivity contribution is 9.10. The van der Waals surface area contributed by atoms with Crippen molar-refractivity contribution in [3.05, 3.63) is 81.5 Å². The lowest BCUT2D eigenvalue weighted by Gasteiger charge is -2.07. The number of carbonyl (C=O) groups is 1. The molecule has 0 radical (unpaired) electrons. The van der Waals surface area contributed by atoms with Crippen molar-refractivity contribution in [3.63, 3.8) is 0 Å². The molecule has 23 heavy (non-hydrogen) atoms. The van der Waals surface area contributed by atoms with Crippen LogP contribution in [0.4, 0.5) is 0 Å². The second-order valence-electron chi connectivity index (χ2n) is 4.82. The highest BCUT2D eigenvalue weighted by atomic mass is 79.9. The van der Waals surface area contributed by atoms with E-state index in [-0.39, 0.29) is 6.61 Å². The number of nitrogens with zero attached hydrogens (tertiary/aromatic N) is 2. The second-order valence-corrected chi connectivity index (χ2v) is 6.14. The molecule has 0 saturated carbocycles. The molecule has 0 aliphatic carbocycles. The van der Waals surface area contributed by atoms with Crippen molar-refractivity contribution < 1.29 is 9.53 Å². The number of rotatable bonds is 4. The average molecular weight is 392 g/mol. The van der Waals surface area contributed by atoms with Gasteiger partial charge in [0.25, 0.3) is 0 Å². The number of ether oxygens (including phenoxy) is 1. The van der Waals surface area contributed by atoms with Gasteiger partial charge in [0.1, 0.15) is 6.61 Å². The van der Waals surface area contributed by atoms with Gasteiger partial charge in [0.05, 0.1) is 21.9 Å². The van der Waals surface area contributed by atoms with Gasteiger partial charge in [-0.3, -0.25) is 0 Å². The Kier molecular flexibility index (Phi) is 4.79. The Morgan fingerprint density at radius 3 is 2.57 bits per heavy atom. The van der Waals surface area contributed by atoms with Crippen LogP contribution in [-0.4, -0.2) is 15.7 Å². The third-order valence-electron chi connectivity index (χ3n) is 3.24. The first kappa shape index (κ1) is 15.8. The predicted octanol–water partition coefficient (Wildman–Crippen LogP) is 4.65. The van der Waals surface area contributed by atoms with Crippen molar-refractivity contribution in [1.29, 1.82) is 0 Å². The second kappa shape index (κ2) is 6.98. The van der Waals surface area contributed by atoms with E-state index in [0.29, 0.717) is 10.6 Å². The quantitative estimate of drug-likeness (QED) is 0.608. The summed E-state index contributed by atoms with van der Waals surface area (Å²) in [5.74, 6) is -0.391. The van der Waals surface area contributed by atoms with Crippen LogP contribution in [0.15, 0.2) is 65.4 Å². The van der Waals surface area contributed by atoms with Gasteiger partial charge in [-0.1, -0.05) is 29.8 Å². The molecule has 0 aliphatic heterocycles. The van der Waals surface area contributed by atoms with E-state index in [0.717, 1.165) is 15.7 Å². The molecular formula is C17H12BrClN2O2. The molecule has 0 aliphatic rings. The van der Waals surface area contributed by atoms with E-state index in [1.165, 1.54) is 0 Å². The molecule has 0 saturated heterocycles. The third-order valence-corrected chi connectivity index (χ3v) is 4.01. The minimum Gasteiger partial charge on any atom is -0.457 e. The van der Waals surface area contributed by atoms with E-state index >= 15 is 0 Å². The van der Waals surface area contributed by atoms with E-state index in [4.69, 9.17) is 16.3 Å². The zero-order chi connectivity index (χ0) is 16.2. The van der Waals surface area contributed by atoms with Crippen molar-refractivity contribution in [2.24, 2.45) is 0 Å². The molecule has 0 spiro atoms. The Morgan fingerprint density at radius 1 is 1.17 bits per heavy atom. The fourth-order valence-electron chi connectivity index (χ4n) is 2.03. The van der Waals surface area contributed by atoms with Gasteiger partial charge in [-0.25, -0.2) is 9.48 Å². The molecule has 0 unspecified atom stereocenters. The Labute approximate surface area is 146 Å². The van der Waals surface area contributed by atoms with Crippen LogP contribution in [0.1, 0.15) is 15.9 Å². The molecule has 6 heteroatoms. The summed E-state index contributed by atoms with van der Waals surface area (Å²) in [6.07, 6.45) is 3.54. The van der Waals surface area contributed by atoms with Crippen molar-refractivity contribution in [1.82, 2.24) is 9.78 Å². The molecular weight excluding hydrogens is 380 g/mol. The zero-order valence-electron chi connectivity index (χ0n) is 11.9. The van der Waals surface area contributed by atoms with Gasteiger partial charge in [-0.05, 0) is 46.3 Å². The van der Waals surface area contributed by atoms with E-state index in [9.17, 15) is 4.79 Å². The van der Waals surface area contributed by atoms with Crippen molar-refractivity contribution in [2.45, 2.75) is 6.61 Å². The van der Waals surface area contributed by atoms with Gasteiger partial charge in [0.15, 0.2) is 0 Å².